The van der Waals surface area contributed by atoms with E-state index in [0.717, 1.165) is 10.0 Å². The first kappa shape index (κ1) is 22.9. The van der Waals surface area contributed by atoms with Gasteiger partial charge in [0.1, 0.15) is 17.6 Å². The first-order valence-electron chi connectivity index (χ1n) is 9.46. The number of carbonyl (C=O) groups excluding carboxylic acids is 2. The van der Waals surface area contributed by atoms with Gasteiger partial charge in [0.15, 0.2) is 6.61 Å². The Morgan fingerprint density at radius 1 is 1.07 bits per heavy atom. The number of halogens is 2. The maximum Gasteiger partial charge on any atom is 0.261 e. The predicted octanol–water partition coefficient (Wildman–Crippen LogP) is 4.16. The molecule has 2 aromatic carbocycles. The van der Waals surface area contributed by atoms with Crippen molar-refractivity contribution in [3.8, 4) is 5.75 Å². The van der Waals surface area contributed by atoms with Crippen LogP contribution in [0.25, 0.3) is 0 Å². The van der Waals surface area contributed by atoms with Gasteiger partial charge >= 0.3 is 0 Å². The third kappa shape index (κ3) is 7.49. The summed E-state index contributed by atoms with van der Waals surface area (Å²) in [5, 5.41) is 2.87. The monoisotopic (exact) mass is 464 g/mol. The van der Waals surface area contributed by atoms with Crippen molar-refractivity contribution in [2.45, 2.75) is 33.4 Å². The summed E-state index contributed by atoms with van der Waals surface area (Å²) >= 11 is 3.39. The molecule has 0 radical (unpaired) electrons. The SMILES string of the molecule is CC(C)CNC(=O)C(C)N(Cc1ccc(Br)cc1)C(=O)COc1ccc(F)cc1. The molecule has 1 unspecified atom stereocenters. The lowest BCUT2D eigenvalue weighted by Gasteiger charge is -2.29. The van der Waals surface area contributed by atoms with Crippen LogP contribution in [0.2, 0.25) is 0 Å². The van der Waals surface area contributed by atoms with Gasteiger partial charge in [-0.3, -0.25) is 9.59 Å². The standard InChI is InChI=1S/C22H26BrFN2O3/c1-15(2)12-25-22(28)16(3)26(13-17-4-6-18(23)7-5-17)21(27)14-29-20-10-8-19(24)9-11-20/h4-11,15-16H,12-14H2,1-3H3,(H,25,28). The summed E-state index contributed by atoms with van der Waals surface area (Å²) in [5.41, 5.74) is 0.895. The van der Waals surface area contributed by atoms with Gasteiger partial charge in [-0.1, -0.05) is 41.9 Å². The zero-order chi connectivity index (χ0) is 21.4. The van der Waals surface area contributed by atoms with Gasteiger partial charge in [-0.15, -0.1) is 0 Å². The third-order valence-corrected chi connectivity index (χ3v) is 4.82. The fraction of sp³-hybridized carbons (Fsp3) is 0.364. The second-order valence-corrected chi connectivity index (χ2v) is 8.12. The van der Waals surface area contributed by atoms with Crippen LogP contribution >= 0.6 is 15.9 Å². The Morgan fingerprint density at radius 3 is 2.28 bits per heavy atom. The molecular formula is C22H26BrFN2O3. The Kier molecular flexibility index (Phi) is 8.64. The topological polar surface area (TPSA) is 58.6 Å². The number of hydrogen-bond donors (Lipinski definition) is 1. The summed E-state index contributed by atoms with van der Waals surface area (Å²) in [4.78, 5) is 26.9. The molecule has 29 heavy (non-hydrogen) atoms. The summed E-state index contributed by atoms with van der Waals surface area (Å²) in [6, 6.07) is 12.3. The quantitative estimate of drug-likeness (QED) is 0.605. The smallest absolute Gasteiger partial charge is 0.261 e. The Hall–Kier alpha value is -2.41. The molecular weight excluding hydrogens is 439 g/mol. The minimum Gasteiger partial charge on any atom is -0.484 e. The molecule has 0 saturated heterocycles. The highest BCUT2D eigenvalue weighted by Gasteiger charge is 2.26. The number of benzene rings is 2. The Morgan fingerprint density at radius 2 is 1.69 bits per heavy atom. The van der Waals surface area contributed by atoms with E-state index in [1.54, 1.807) is 6.92 Å². The van der Waals surface area contributed by atoms with Gasteiger partial charge < -0.3 is 15.0 Å². The number of rotatable bonds is 9. The van der Waals surface area contributed by atoms with Crippen molar-refractivity contribution in [3.05, 3.63) is 64.4 Å². The molecule has 0 heterocycles. The molecule has 0 aromatic heterocycles. The van der Waals surface area contributed by atoms with Crippen molar-refractivity contribution < 1.29 is 18.7 Å². The zero-order valence-corrected chi connectivity index (χ0v) is 18.4. The molecule has 2 rings (SSSR count). The molecule has 0 aliphatic carbocycles. The van der Waals surface area contributed by atoms with Crippen LogP contribution in [0.5, 0.6) is 5.75 Å². The van der Waals surface area contributed by atoms with Gasteiger partial charge in [0.25, 0.3) is 5.91 Å². The number of nitrogens with zero attached hydrogens (tertiary/aromatic N) is 1. The first-order chi connectivity index (χ1) is 13.8. The molecule has 7 heteroatoms. The van der Waals surface area contributed by atoms with Gasteiger partial charge in [0.05, 0.1) is 0 Å². The van der Waals surface area contributed by atoms with E-state index in [0.29, 0.717) is 18.2 Å². The van der Waals surface area contributed by atoms with Crippen LogP contribution in [0.4, 0.5) is 4.39 Å². The second kappa shape index (κ2) is 11.0. The molecule has 0 aliphatic rings. The fourth-order valence-corrected chi connectivity index (χ4v) is 2.84. The highest BCUT2D eigenvalue weighted by Crippen LogP contribution is 2.16. The molecule has 156 valence electrons. The summed E-state index contributed by atoms with van der Waals surface area (Å²) in [6.07, 6.45) is 0. The van der Waals surface area contributed by atoms with E-state index in [9.17, 15) is 14.0 Å². The van der Waals surface area contributed by atoms with Crippen LogP contribution in [0.3, 0.4) is 0 Å². The molecule has 1 atom stereocenters. The number of carbonyl (C=O) groups is 2. The fourth-order valence-electron chi connectivity index (χ4n) is 2.58. The molecule has 0 spiro atoms. The highest BCUT2D eigenvalue weighted by atomic mass is 79.9. The Labute approximate surface area is 179 Å². The second-order valence-electron chi connectivity index (χ2n) is 7.21. The minimum atomic E-state index is -0.665. The normalized spacial score (nSPS) is 11.8. The van der Waals surface area contributed by atoms with E-state index in [4.69, 9.17) is 4.74 Å². The lowest BCUT2D eigenvalue weighted by Crippen LogP contribution is -2.49. The van der Waals surface area contributed by atoms with E-state index >= 15 is 0 Å². The first-order valence-corrected chi connectivity index (χ1v) is 10.3. The summed E-state index contributed by atoms with van der Waals surface area (Å²) < 4.78 is 19.5. The third-order valence-electron chi connectivity index (χ3n) is 4.29. The zero-order valence-electron chi connectivity index (χ0n) is 16.8. The lowest BCUT2D eigenvalue weighted by atomic mass is 10.1. The minimum absolute atomic E-state index is 0.217. The molecule has 5 nitrogen and oxygen atoms in total. The highest BCUT2D eigenvalue weighted by molar-refractivity contribution is 9.10. The van der Waals surface area contributed by atoms with E-state index in [1.165, 1.54) is 29.2 Å². The molecule has 2 aromatic rings. The van der Waals surface area contributed by atoms with E-state index in [1.807, 2.05) is 38.1 Å². The Bertz CT molecular complexity index is 810. The number of amides is 2. The van der Waals surface area contributed by atoms with Crippen molar-refractivity contribution in [2.24, 2.45) is 5.92 Å². The van der Waals surface area contributed by atoms with E-state index in [2.05, 4.69) is 21.2 Å². The molecule has 0 fully saturated rings. The van der Waals surface area contributed by atoms with Crippen LogP contribution in [-0.4, -0.2) is 35.9 Å². The number of nitrogens with one attached hydrogen (secondary N) is 1. The van der Waals surface area contributed by atoms with Gasteiger partial charge in [0, 0.05) is 17.6 Å². The number of hydrogen-bond acceptors (Lipinski definition) is 3. The van der Waals surface area contributed by atoms with Gasteiger partial charge in [0.2, 0.25) is 5.91 Å². The Balaban J connectivity index is 2.10. The predicted molar refractivity (Wildman–Crippen MR) is 114 cm³/mol. The molecule has 1 N–H and O–H groups in total. The lowest BCUT2D eigenvalue weighted by molar-refractivity contribution is -0.142. The van der Waals surface area contributed by atoms with Crippen LogP contribution in [-0.2, 0) is 16.1 Å². The van der Waals surface area contributed by atoms with Crippen LogP contribution < -0.4 is 10.1 Å². The summed E-state index contributed by atoms with van der Waals surface area (Å²) in [5.74, 6) is -0.227. The number of ether oxygens (including phenoxy) is 1. The van der Waals surface area contributed by atoms with Crippen molar-refractivity contribution in [1.82, 2.24) is 10.2 Å². The molecule has 0 saturated carbocycles. The average Bonchev–Trinajstić information content (AvgIpc) is 2.70. The van der Waals surface area contributed by atoms with Crippen LogP contribution in [0, 0.1) is 11.7 Å². The molecule has 0 bridgehead atoms. The molecule has 0 aliphatic heterocycles. The van der Waals surface area contributed by atoms with Gasteiger partial charge in [-0.2, -0.15) is 0 Å². The summed E-state index contributed by atoms with van der Waals surface area (Å²) in [6.45, 7) is 6.28. The maximum absolute atomic E-state index is 13.0. The maximum atomic E-state index is 13.0. The van der Waals surface area contributed by atoms with E-state index < -0.39 is 6.04 Å². The van der Waals surface area contributed by atoms with Gasteiger partial charge in [-0.05, 0) is 54.8 Å². The summed E-state index contributed by atoms with van der Waals surface area (Å²) in [7, 11) is 0. The largest absolute Gasteiger partial charge is 0.484 e. The van der Waals surface area contributed by atoms with Crippen molar-refractivity contribution in [1.29, 1.82) is 0 Å². The average molecular weight is 465 g/mol. The van der Waals surface area contributed by atoms with E-state index in [-0.39, 0.29) is 30.8 Å². The van der Waals surface area contributed by atoms with Crippen LogP contribution in [0.1, 0.15) is 26.3 Å². The van der Waals surface area contributed by atoms with Crippen molar-refractivity contribution >= 4 is 27.7 Å². The van der Waals surface area contributed by atoms with Crippen molar-refractivity contribution in [2.75, 3.05) is 13.2 Å². The molecule has 2 amide bonds. The van der Waals surface area contributed by atoms with Crippen LogP contribution in [0.15, 0.2) is 53.0 Å². The van der Waals surface area contributed by atoms with Crippen molar-refractivity contribution in [3.63, 3.8) is 0 Å². The van der Waals surface area contributed by atoms with Gasteiger partial charge in [-0.25, -0.2) is 4.39 Å².